The number of hydrogen-bond acceptors (Lipinski definition) is 5. The van der Waals surface area contributed by atoms with E-state index in [0.717, 1.165) is 29.8 Å². The molecule has 2 aliphatic rings. The molecule has 1 N–H and O–H groups in total. The van der Waals surface area contributed by atoms with E-state index < -0.39 is 38.0 Å². The molecule has 7 nitrogen and oxygen atoms in total. The predicted molar refractivity (Wildman–Crippen MR) is 93.9 cm³/mol. The topological polar surface area (TPSA) is 79.0 Å². The van der Waals surface area contributed by atoms with Gasteiger partial charge in [-0.05, 0) is 32.5 Å². The summed E-state index contributed by atoms with van der Waals surface area (Å²) in [4.78, 5) is 13.8. The fourth-order valence-corrected chi connectivity index (χ4v) is 4.85. The first-order valence-electron chi connectivity index (χ1n) is 8.86. The van der Waals surface area contributed by atoms with Crippen molar-refractivity contribution in [3.05, 3.63) is 29.3 Å². The number of ether oxygens (including phenoxy) is 1. The minimum absolute atomic E-state index is 0.0781. The Bertz CT molecular complexity index is 813. The van der Waals surface area contributed by atoms with Crippen LogP contribution < -0.4 is 5.32 Å². The standard InChI is InChI=1S/C17H23F2N3O4S/c1-21-4-2-3-12(21)11-20-17(23)13-9-16(15(19)10-14(13)18)27(24,25)22-5-7-26-8-6-22/h9-10,12H,2-8,11H2,1H3,(H,20,23). The summed E-state index contributed by atoms with van der Waals surface area (Å²) in [5.41, 5.74) is -0.483. The average molecular weight is 403 g/mol. The van der Waals surface area contributed by atoms with Crippen molar-refractivity contribution in [3.8, 4) is 0 Å². The Labute approximate surface area is 157 Å². The van der Waals surface area contributed by atoms with Gasteiger partial charge in [-0.2, -0.15) is 4.31 Å². The number of amides is 1. The summed E-state index contributed by atoms with van der Waals surface area (Å²) in [5, 5.41) is 2.62. The lowest BCUT2D eigenvalue weighted by atomic mass is 10.1. The maximum Gasteiger partial charge on any atom is 0.254 e. The summed E-state index contributed by atoms with van der Waals surface area (Å²) in [6, 6.07) is 1.38. The van der Waals surface area contributed by atoms with Gasteiger partial charge in [-0.25, -0.2) is 17.2 Å². The van der Waals surface area contributed by atoms with Crippen LogP contribution in [0.3, 0.4) is 0 Å². The third-order valence-corrected chi connectivity index (χ3v) is 6.94. The summed E-state index contributed by atoms with van der Waals surface area (Å²) >= 11 is 0. The molecule has 2 aliphatic heterocycles. The zero-order valence-corrected chi connectivity index (χ0v) is 15.9. The highest BCUT2D eigenvalue weighted by molar-refractivity contribution is 7.89. The molecule has 1 amide bonds. The number of nitrogens with zero attached hydrogens (tertiary/aromatic N) is 2. The van der Waals surface area contributed by atoms with E-state index in [4.69, 9.17) is 4.74 Å². The Hall–Kier alpha value is -1.62. The van der Waals surface area contributed by atoms with Crippen LogP contribution in [0.2, 0.25) is 0 Å². The van der Waals surface area contributed by atoms with Gasteiger partial charge in [-0.3, -0.25) is 4.79 Å². The number of carbonyl (C=O) groups is 1. The first kappa shape index (κ1) is 20.1. The number of likely N-dealkylation sites (N-methyl/N-ethyl adjacent to an activating group) is 1. The van der Waals surface area contributed by atoms with E-state index in [2.05, 4.69) is 10.2 Å². The third-order valence-electron chi connectivity index (χ3n) is 5.02. The molecule has 1 atom stereocenters. The van der Waals surface area contributed by atoms with Crippen molar-refractivity contribution in [2.45, 2.75) is 23.8 Å². The Morgan fingerprint density at radius 1 is 1.22 bits per heavy atom. The second kappa shape index (κ2) is 8.17. The van der Waals surface area contributed by atoms with Crippen molar-refractivity contribution in [2.24, 2.45) is 0 Å². The van der Waals surface area contributed by atoms with Gasteiger partial charge in [0.2, 0.25) is 10.0 Å². The number of hydrogen-bond donors (Lipinski definition) is 1. The number of benzene rings is 1. The molecule has 2 heterocycles. The zero-order valence-electron chi connectivity index (χ0n) is 15.1. The Kier molecular flexibility index (Phi) is 6.09. The first-order valence-corrected chi connectivity index (χ1v) is 10.3. The van der Waals surface area contributed by atoms with Crippen LogP contribution in [0.5, 0.6) is 0 Å². The Morgan fingerprint density at radius 2 is 1.93 bits per heavy atom. The van der Waals surface area contributed by atoms with Crippen LogP contribution in [0.15, 0.2) is 17.0 Å². The van der Waals surface area contributed by atoms with Crippen molar-refractivity contribution < 1.29 is 26.7 Å². The lowest BCUT2D eigenvalue weighted by molar-refractivity contribution is 0.0729. The molecule has 2 saturated heterocycles. The molecule has 3 rings (SSSR count). The van der Waals surface area contributed by atoms with Crippen LogP contribution in [-0.2, 0) is 14.8 Å². The summed E-state index contributed by atoms with van der Waals surface area (Å²) in [6.07, 6.45) is 1.93. The molecule has 0 saturated carbocycles. The largest absolute Gasteiger partial charge is 0.379 e. The fourth-order valence-electron chi connectivity index (χ4n) is 3.37. The maximum absolute atomic E-state index is 14.2. The predicted octanol–water partition coefficient (Wildman–Crippen LogP) is 0.810. The highest BCUT2D eigenvalue weighted by Crippen LogP contribution is 2.24. The van der Waals surface area contributed by atoms with Crippen LogP contribution in [0, 0.1) is 11.6 Å². The van der Waals surface area contributed by atoms with E-state index in [1.54, 1.807) is 0 Å². The minimum Gasteiger partial charge on any atom is -0.379 e. The van der Waals surface area contributed by atoms with Crippen molar-refractivity contribution in [1.29, 1.82) is 0 Å². The molecule has 0 bridgehead atoms. The molecule has 2 fully saturated rings. The minimum atomic E-state index is -4.18. The van der Waals surface area contributed by atoms with Gasteiger partial charge in [0.15, 0.2) is 0 Å². The third kappa shape index (κ3) is 4.29. The van der Waals surface area contributed by atoms with E-state index in [1.807, 2.05) is 7.05 Å². The van der Waals surface area contributed by atoms with Crippen LogP contribution in [0.1, 0.15) is 23.2 Å². The van der Waals surface area contributed by atoms with Crippen molar-refractivity contribution >= 4 is 15.9 Å². The molecule has 0 aromatic heterocycles. The number of nitrogens with one attached hydrogen (secondary N) is 1. The van der Waals surface area contributed by atoms with Crippen molar-refractivity contribution in [3.63, 3.8) is 0 Å². The molecular weight excluding hydrogens is 380 g/mol. The van der Waals surface area contributed by atoms with Gasteiger partial charge in [-0.15, -0.1) is 0 Å². The van der Waals surface area contributed by atoms with E-state index in [-0.39, 0.29) is 32.3 Å². The highest BCUT2D eigenvalue weighted by Gasteiger charge is 2.31. The Morgan fingerprint density at radius 3 is 2.56 bits per heavy atom. The van der Waals surface area contributed by atoms with Gasteiger partial charge in [0, 0.05) is 31.7 Å². The SMILES string of the molecule is CN1CCCC1CNC(=O)c1cc(S(=O)(=O)N2CCOCC2)c(F)cc1F. The molecule has 0 spiro atoms. The monoisotopic (exact) mass is 403 g/mol. The lowest BCUT2D eigenvalue weighted by Crippen LogP contribution is -2.41. The van der Waals surface area contributed by atoms with E-state index in [1.165, 1.54) is 0 Å². The molecule has 1 unspecified atom stereocenters. The van der Waals surface area contributed by atoms with E-state index in [0.29, 0.717) is 12.6 Å². The summed E-state index contributed by atoms with van der Waals surface area (Å²) in [5.74, 6) is -3.07. The molecular formula is C17H23F2N3O4S. The molecule has 1 aromatic carbocycles. The summed E-state index contributed by atoms with van der Waals surface area (Å²) < 4.78 is 59.9. The number of halogens is 2. The molecule has 0 aliphatic carbocycles. The lowest BCUT2D eigenvalue weighted by Gasteiger charge is -2.26. The van der Waals surface area contributed by atoms with Gasteiger partial charge >= 0.3 is 0 Å². The highest BCUT2D eigenvalue weighted by atomic mass is 32.2. The van der Waals surface area contributed by atoms with Crippen LogP contribution in [0.25, 0.3) is 0 Å². The maximum atomic E-state index is 14.2. The Balaban J connectivity index is 1.81. The van der Waals surface area contributed by atoms with Crippen molar-refractivity contribution in [2.75, 3.05) is 46.4 Å². The summed E-state index contributed by atoms with van der Waals surface area (Å²) in [7, 11) is -2.24. The summed E-state index contributed by atoms with van der Waals surface area (Å²) in [6.45, 7) is 1.79. The van der Waals surface area contributed by atoms with Gasteiger partial charge in [0.25, 0.3) is 5.91 Å². The molecule has 150 valence electrons. The van der Waals surface area contributed by atoms with Crippen LogP contribution in [0.4, 0.5) is 8.78 Å². The van der Waals surface area contributed by atoms with Gasteiger partial charge < -0.3 is 15.0 Å². The normalized spacial score (nSPS) is 22.1. The second-order valence-electron chi connectivity index (χ2n) is 6.77. The van der Waals surface area contributed by atoms with Gasteiger partial charge in [0.1, 0.15) is 16.5 Å². The van der Waals surface area contributed by atoms with Crippen LogP contribution >= 0.6 is 0 Å². The molecule has 1 aromatic rings. The van der Waals surface area contributed by atoms with Crippen LogP contribution in [-0.4, -0.2) is 76.0 Å². The number of carbonyl (C=O) groups excluding carboxylic acids is 1. The number of likely N-dealkylation sites (tertiary alicyclic amines) is 1. The second-order valence-corrected chi connectivity index (χ2v) is 8.67. The quantitative estimate of drug-likeness (QED) is 0.787. The van der Waals surface area contributed by atoms with Gasteiger partial charge in [-0.1, -0.05) is 0 Å². The van der Waals surface area contributed by atoms with E-state index in [9.17, 15) is 22.0 Å². The zero-order chi connectivity index (χ0) is 19.6. The first-order chi connectivity index (χ1) is 12.8. The fraction of sp³-hybridized carbons (Fsp3) is 0.588. The van der Waals surface area contributed by atoms with Crippen molar-refractivity contribution in [1.82, 2.24) is 14.5 Å². The number of morpholine rings is 1. The molecule has 10 heteroatoms. The average Bonchev–Trinajstić information content (AvgIpc) is 3.05. The van der Waals surface area contributed by atoms with Gasteiger partial charge in [0.05, 0.1) is 18.8 Å². The number of sulfonamides is 1. The smallest absolute Gasteiger partial charge is 0.254 e. The molecule has 0 radical (unpaired) electrons. The molecule has 27 heavy (non-hydrogen) atoms. The number of rotatable bonds is 5. The van der Waals surface area contributed by atoms with E-state index >= 15 is 0 Å².